The Balaban J connectivity index is 2.00. The van der Waals surface area contributed by atoms with Crippen molar-refractivity contribution in [2.24, 2.45) is 0 Å². The quantitative estimate of drug-likeness (QED) is 0.879. The van der Waals surface area contributed by atoms with Crippen LogP contribution in [0.1, 0.15) is 11.1 Å². The Morgan fingerprint density at radius 1 is 0.957 bits per heavy atom. The van der Waals surface area contributed by atoms with E-state index >= 15 is 0 Å². The topological polar surface area (TPSA) is 49.4 Å². The zero-order valence-corrected chi connectivity index (χ0v) is 13.7. The van der Waals surface area contributed by atoms with E-state index in [2.05, 4.69) is 5.32 Å². The third-order valence-electron chi connectivity index (χ3n) is 3.39. The number of nitrogens with zero attached hydrogens (tertiary/aromatic N) is 1. The second-order valence-corrected chi connectivity index (χ2v) is 7.39. The predicted molar refractivity (Wildman–Crippen MR) is 84.2 cm³/mol. The first-order chi connectivity index (χ1) is 10.8. The van der Waals surface area contributed by atoms with Gasteiger partial charge in [0.1, 0.15) is 11.6 Å². The highest BCUT2D eigenvalue weighted by Gasteiger charge is 2.16. The molecular weight excluding hydrogens is 322 g/mol. The summed E-state index contributed by atoms with van der Waals surface area (Å²) in [6.07, 6.45) is 0. The molecule has 23 heavy (non-hydrogen) atoms. The summed E-state index contributed by atoms with van der Waals surface area (Å²) in [7, 11) is -0.523. The molecule has 0 aromatic heterocycles. The Bertz CT molecular complexity index is 755. The number of hydrogen-bond acceptors (Lipinski definition) is 3. The summed E-state index contributed by atoms with van der Waals surface area (Å²) in [5.74, 6) is -1.19. The van der Waals surface area contributed by atoms with Gasteiger partial charge in [0.2, 0.25) is 10.0 Å². The van der Waals surface area contributed by atoms with Crippen molar-refractivity contribution < 1.29 is 17.2 Å². The van der Waals surface area contributed by atoms with Crippen LogP contribution < -0.4 is 5.32 Å². The van der Waals surface area contributed by atoms with Gasteiger partial charge in [-0.05, 0) is 29.8 Å². The molecular formula is C16H18F2N2O2S. The molecule has 0 saturated heterocycles. The lowest BCUT2D eigenvalue weighted by molar-refractivity contribution is 0.520. The monoisotopic (exact) mass is 340 g/mol. The van der Waals surface area contributed by atoms with E-state index in [4.69, 9.17) is 0 Å². The molecule has 0 bridgehead atoms. The lowest BCUT2D eigenvalue weighted by Gasteiger charge is -2.12. The van der Waals surface area contributed by atoms with Crippen LogP contribution in [0.4, 0.5) is 8.78 Å². The first-order valence-corrected chi connectivity index (χ1v) is 8.41. The molecule has 0 atom stereocenters. The summed E-state index contributed by atoms with van der Waals surface area (Å²) in [4.78, 5) is 0.200. The third kappa shape index (κ3) is 4.13. The third-order valence-corrected chi connectivity index (χ3v) is 5.22. The SMILES string of the molecule is CN(C)S(=O)(=O)c1ccc(CNCc2c(F)cccc2F)cc1. The second-order valence-electron chi connectivity index (χ2n) is 5.24. The van der Waals surface area contributed by atoms with Gasteiger partial charge in [-0.1, -0.05) is 18.2 Å². The van der Waals surface area contributed by atoms with Gasteiger partial charge in [0, 0.05) is 32.7 Å². The van der Waals surface area contributed by atoms with Crippen molar-refractivity contribution in [2.45, 2.75) is 18.0 Å². The molecule has 0 saturated carbocycles. The molecule has 2 aromatic carbocycles. The maximum absolute atomic E-state index is 13.5. The summed E-state index contributed by atoms with van der Waals surface area (Å²) in [6, 6.07) is 10.1. The van der Waals surface area contributed by atoms with Crippen LogP contribution in [0, 0.1) is 11.6 Å². The fraction of sp³-hybridized carbons (Fsp3) is 0.250. The molecule has 2 aromatic rings. The molecule has 4 nitrogen and oxygen atoms in total. The van der Waals surface area contributed by atoms with E-state index in [0.717, 1.165) is 9.87 Å². The van der Waals surface area contributed by atoms with Crippen molar-refractivity contribution in [3.63, 3.8) is 0 Å². The van der Waals surface area contributed by atoms with Crippen LogP contribution in [0.3, 0.4) is 0 Å². The standard InChI is InChI=1S/C16H18F2N2O2S/c1-20(2)23(21,22)13-8-6-12(7-9-13)10-19-11-14-15(17)4-3-5-16(14)18/h3-9,19H,10-11H2,1-2H3. The minimum absolute atomic E-state index is 0.0145. The van der Waals surface area contributed by atoms with E-state index < -0.39 is 21.7 Å². The molecule has 2 rings (SSSR count). The van der Waals surface area contributed by atoms with E-state index in [9.17, 15) is 17.2 Å². The second kappa shape index (κ2) is 7.16. The molecule has 0 aliphatic rings. The fourth-order valence-electron chi connectivity index (χ4n) is 2.02. The van der Waals surface area contributed by atoms with E-state index in [1.807, 2.05) is 0 Å². The van der Waals surface area contributed by atoms with Crippen molar-refractivity contribution in [1.82, 2.24) is 9.62 Å². The summed E-state index contributed by atoms with van der Waals surface area (Å²) >= 11 is 0. The summed E-state index contributed by atoms with van der Waals surface area (Å²) in [6.45, 7) is 0.423. The summed E-state index contributed by atoms with van der Waals surface area (Å²) in [5, 5.41) is 2.94. The van der Waals surface area contributed by atoms with Crippen LogP contribution in [0.15, 0.2) is 47.4 Å². The lowest BCUT2D eigenvalue weighted by Crippen LogP contribution is -2.22. The van der Waals surface area contributed by atoms with Gasteiger partial charge in [-0.3, -0.25) is 0 Å². The van der Waals surface area contributed by atoms with Gasteiger partial charge in [-0.2, -0.15) is 0 Å². The number of halogens is 2. The molecule has 0 unspecified atom stereocenters. The van der Waals surface area contributed by atoms with E-state index in [0.29, 0.717) is 6.54 Å². The largest absolute Gasteiger partial charge is 0.308 e. The fourth-order valence-corrected chi connectivity index (χ4v) is 2.92. The Hall–Kier alpha value is -1.83. The average molecular weight is 340 g/mol. The van der Waals surface area contributed by atoms with Crippen LogP contribution in [0.25, 0.3) is 0 Å². The zero-order chi connectivity index (χ0) is 17.0. The average Bonchev–Trinajstić information content (AvgIpc) is 2.50. The molecule has 124 valence electrons. The highest BCUT2D eigenvalue weighted by molar-refractivity contribution is 7.89. The van der Waals surface area contributed by atoms with Crippen LogP contribution in [-0.4, -0.2) is 26.8 Å². The maximum atomic E-state index is 13.5. The van der Waals surface area contributed by atoms with Gasteiger partial charge >= 0.3 is 0 Å². The van der Waals surface area contributed by atoms with Crippen LogP contribution in [0.5, 0.6) is 0 Å². The first kappa shape index (κ1) is 17.5. The highest BCUT2D eigenvalue weighted by Crippen LogP contribution is 2.15. The van der Waals surface area contributed by atoms with Crippen LogP contribution in [0.2, 0.25) is 0 Å². The minimum Gasteiger partial charge on any atom is -0.308 e. The Labute approximate surface area is 134 Å². The number of hydrogen-bond donors (Lipinski definition) is 1. The van der Waals surface area contributed by atoms with Gasteiger partial charge in [0.05, 0.1) is 4.90 Å². The molecule has 0 heterocycles. The number of benzene rings is 2. The first-order valence-electron chi connectivity index (χ1n) is 6.97. The van der Waals surface area contributed by atoms with Crippen LogP contribution in [-0.2, 0) is 23.1 Å². The minimum atomic E-state index is -3.45. The summed E-state index contributed by atoms with van der Waals surface area (Å²) in [5.41, 5.74) is 0.804. The number of sulfonamides is 1. The van der Waals surface area contributed by atoms with Crippen molar-refractivity contribution in [1.29, 1.82) is 0 Å². The zero-order valence-electron chi connectivity index (χ0n) is 12.9. The van der Waals surface area contributed by atoms with Gasteiger partial charge in [0.25, 0.3) is 0 Å². The highest BCUT2D eigenvalue weighted by atomic mass is 32.2. The summed E-state index contributed by atoms with van der Waals surface area (Å²) < 4.78 is 52.0. The molecule has 0 amide bonds. The van der Waals surface area contributed by atoms with E-state index in [1.54, 1.807) is 12.1 Å². The van der Waals surface area contributed by atoms with Crippen LogP contribution >= 0.6 is 0 Å². The maximum Gasteiger partial charge on any atom is 0.242 e. The molecule has 7 heteroatoms. The Kier molecular flexibility index (Phi) is 5.46. The lowest BCUT2D eigenvalue weighted by atomic mass is 10.2. The van der Waals surface area contributed by atoms with Crippen molar-refractivity contribution >= 4 is 10.0 Å². The van der Waals surface area contributed by atoms with E-state index in [-0.39, 0.29) is 17.0 Å². The Morgan fingerprint density at radius 2 is 1.52 bits per heavy atom. The Morgan fingerprint density at radius 3 is 2.04 bits per heavy atom. The normalized spacial score (nSPS) is 11.9. The molecule has 0 aliphatic carbocycles. The molecule has 0 fully saturated rings. The number of rotatable bonds is 6. The van der Waals surface area contributed by atoms with E-state index in [1.165, 1.54) is 44.4 Å². The van der Waals surface area contributed by atoms with Gasteiger partial charge in [-0.25, -0.2) is 21.5 Å². The van der Waals surface area contributed by atoms with Gasteiger partial charge in [0.15, 0.2) is 0 Å². The molecule has 0 spiro atoms. The predicted octanol–water partition coefficient (Wildman–Crippen LogP) is 2.50. The van der Waals surface area contributed by atoms with Crippen molar-refractivity contribution in [3.05, 3.63) is 65.2 Å². The molecule has 0 radical (unpaired) electrons. The van der Waals surface area contributed by atoms with Crippen molar-refractivity contribution in [3.8, 4) is 0 Å². The molecule has 1 N–H and O–H groups in total. The van der Waals surface area contributed by atoms with Gasteiger partial charge < -0.3 is 5.32 Å². The van der Waals surface area contributed by atoms with Crippen molar-refractivity contribution in [2.75, 3.05) is 14.1 Å². The number of nitrogens with one attached hydrogen (secondary N) is 1. The smallest absolute Gasteiger partial charge is 0.242 e. The van der Waals surface area contributed by atoms with Gasteiger partial charge in [-0.15, -0.1) is 0 Å². The molecule has 0 aliphatic heterocycles.